The molecule has 7 heteroatoms. The number of benzene rings is 1. The van der Waals surface area contributed by atoms with Crippen LogP contribution in [0, 0.1) is 5.92 Å². The first-order valence-electron chi connectivity index (χ1n) is 6.20. The van der Waals surface area contributed by atoms with Crippen LogP contribution in [0.4, 0.5) is 0 Å². The van der Waals surface area contributed by atoms with Crippen molar-refractivity contribution in [3.05, 3.63) is 29.8 Å². The second-order valence-electron chi connectivity index (χ2n) is 4.73. The van der Waals surface area contributed by atoms with E-state index in [-0.39, 0.29) is 10.8 Å². The van der Waals surface area contributed by atoms with Crippen LogP contribution in [-0.2, 0) is 14.9 Å². The molecule has 1 rings (SSSR count). The standard InChI is InChI=1S/C13H20N2O4S/c1-10(2)9-14-13(16)11-6-5-7-12(8-11)20(17,18)15(3)19-4/h5-8,10H,9H2,1-4H3,(H,14,16). The molecule has 0 aliphatic carbocycles. The van der Waals surface area contributed by atoms with Crippen LogP contribution in [0.5, 0.6) is 0 Å². The van der Waals surface area contributed by atoms with Crippen LogP contribution in [-0.4, -0.2) is 39.5 Å². The summed E-state index contributed by atoms with van der Waals surface area (Å²) in [6, 6.07) is 5.85. The summed E-state index contributed by atoms with van der Waals surface area (Å²) in [6.07, 6.45) is 0. The fraction of sp³-hybridized carbons (Fsp3) is 0.462. The van der Waals surface area contributed by atoms with E-state index in [0.717, 1.165) is 4.47 Å². The molecule has 6 nitrogen and oxygen atoms in total. The number of sulfonamides is 1. The third kappa shape index (κ3) is 4.03. The molecule has 0 spiro atoms. The fourth-order valence-corrected chi connectivity index (χ4v) is 2.46. The number of nitrogens with one attached hydrogen (secondary N) is 1. The minimum Gasteiger partial charge on any atom is -0.352 e. The van der Waals surface area contributed by atoms with E-state index in [1.165, 1.54) is 32.4 Å². The second kappa shape index (κ2) is 6.83. The van der Waals surface area contributed by atoms with E-state index >= 15 is 0 Å². The number of hydroxylamine groups is 1. The Morgan fingerprint density at radius 2 is 2.05 bits per heavy atom. The minimum absolute atomic E-state index is 0.0130. The normalized spacial score (nSPS) is 11.9. The summed E-state index contributed by atoms with van der Waals surface area (Å²) in [4.78, 5) is 16.6. The van der Waals surface area contributed by atoms with Gasteiger partial charge >= 0.3 is 0 Å². The number of rotatable bonds is 6. The Bertz CT molecular complexity index is 569. The van der Waals surface area contributed by atoms with Crippen molar-refractivity contribution in [3.8, 4) is 0 Å². The lowest BCUT2D eigenvalue weighted by atomic mass is 10.2. The molecule has 0 heterocycles. The van der Waals surface area contributed by atoms with Gasteiger partial charge in [0.2, 0.25) is 0 Å². The Hall–Kier alpha value is -1.44. The Balaban J connectivity index is 2.99. The van der Waals surface area contributed by atoms with Gasteiger partial charge in [-0.1, -0.05) is 24.4 Å². The maximum atomic E-state index is 12.1. The SMILES string of the molecule is CON(C)S(=O)(=O)c1cccc(C(=O)NCC(C)C)c1. The topological polar surface area (TPSA) is 75.7 Å². The lowest BCUT2D eigenvalue weighted by molar-refractivity contribution is -0.0258. The van der Waals surface area contributed by atoms with Gasteiger partial charge in [-0.25, -0.2) is 8.42 Å². The van der Waals surface area contributed by atoms with Crippen molar-refractivity contribution in [3.63, 3.8) is 0 Å². The number of carbonyl (C=O) groups excluding carboxylic acids is 1. The molecule has 0 aromatic heterocycles. The highest BCUT2D eigenvalue weighted by Gasteiger charge is 2.21. The Kier molecular flexibility index (Phi) is 5.67. The van der Waals surface area contributed by atoms with Crippen molar-refractivity contribution in [2.45, 2.75) is 18.7 Å². The summed E-state index contributed by atoms with van der Waals surface area (Å²) in [7, 11) is -1.19. The maximum Gasteiger partial charge on any atom is 0.264 e. The largest absolute Gasteiger partial charge is 0.352 e. The van der Waals surface area contributed by atoms with E-state index in [1.54, 1.807) is 6.07 Å². The molecule has 0 bridgehead atoms. The van der Waals surface area contributed by atoms with Crippen molar-refractivity contribution in [2.75, 3.05) is 20.7 Å². The van der Waals surface area contributed by atoms with E-state index < -0.39 is 10.0 Å². The highest BCUT2D eigenvalue weighted by atomic mass is 32.2. The Morgan fingerprint density at radius 3 is 2.60 bits per heavy atom. The summed E-state index contributed by atoms with van der Waals surface area (Å²) in [6.45, 7) is 4.50. The van der Waals surface area contributed by atoms with Crippen LogP contribution in [0.1, 0.15) is 24.2 Å². The van der Waals surface area contributed by atoms with Crippen LogP contribution in [0.3, 0.4) is 0 Å². The lowest BCUT2D eigenvalue weighted by Crippen LogP contribution is -2.28. The van der Waals surface area contributed by atoms with Crippen molar-refractivity contribution < 1.29 is 18.0 Å². The predicted molar refractivity (Wildman–Crippen MR) is 75.6 cm³/mol. The van der Waals surface area contributed by atoms with E-state index in [4.69, 9.17) is 4.84 Å². The van der Waals surface area contributed by atoms with Gasteiger partial charge < -0.3 is 5.32 Å². The monoisotopic (exact) mass is 300 g/mol. The van der Waals surface area contributed by atoms with Gasteiger partial charge in [-0.05, 0) is 24.1 Å². The van der Waals surface area contributed by atoms with Gasteiger partial charge in [-0.2, -0.15) is 0 Å². The first-order valence-corrected chi connectivity index (χ1v) is 7.64. The Labute approximate surface area is 119 Å². The quantitative estimate of drug-likeness (QED) is 0.802. The van der Waals surface area contributed by atoms with E-state index in [9.17, 15) is 13.2 Å². The van der Waals surface area contributed by atoms with Crippen LogP contribution in [0.2, 0.25) is 0 Å². The zero-order chi connectivity index (χ0) is 15.3. The molecular weight excluding hydrogens is 280 g/mol. The molecule has 20 heavy (non-hydrogen) atoms. The molecule has 1 aromatic carbocycles. The van der Waals surface area contributed by atoms with Crippen molar-refractivity contribution in [1.29, 1.82) is 0 Å². The Morgan fingerprint density at radius 1 is 1.40 bits per heavy atom. The second-order valence-corrected chi connectivity index (χ2v) is 6.66. The molecule has 0 atom stereocenters. The molecule has 112 valence electrons. The van der Waals surface area contributed by atoms with E-state index in [2.05, 4.69) is 5.32 Å². The molecule has 0 radical (unpaired) electrons. The molecular formula is C13H20N2O4S. The number of carbonyl (C=O) groups is 1. The molecule has 0 saturated heterocycles. The number of amides is 1. The van der Waals surface area contributed by atoms with Gasteiger partial charge in [0, 0.05) is 19.2 Å². The first-order chi connectivity index (χ1) is 9.28. The van der Waals surface area contributed by atoms with E-state index in [0.29, 0.717) is 18.0 Å². The van der Waals surface area contributed by atoms with Gasteiger partial charge in [0.25, 0.3) is 15.9 Å². The van der Waals surface area contributed by atoms with Crippen molar-refractivity contribution >= 4 is 15.9 Å². The summed E-state index contributed by atoms with van der Waals surface area (Å²) >= 11 is 0. The number of nitrogens with zero attached hydrogens (tertiary/aromatic N) is 1. The smallest absolute Gasteiger partial charge is 0.264 e. The van der Waals surface area contributed by atoms with Gasteiger partial charge in [0.1, 0.15) is 0 Å². The van der Waals surface area contributed by atoms with Crippen LogP contribution < -0.4 is 5.32 Å². The van der Waals surface area contributed by atoms with Crippen molar-refractivity contribution in [1.82, 2.24) is 9.79 Å². The molecule has 0 aliphatic rings. The molecule has 0 unspecified atom stereocenters. The zero-order valence-corrected chi connectivity index (χ0v) is 12.9. The molecule has 1 amide bonds. The van der Waals surface area contributed by atoms with Gasteiger partial charge in [-0.3, -0.25) is 9.63 Å². The first kappa shape index (κ1) is 16.6. The summed E-state index contributed by atoms with van der Waals surface area (Å²) in [5, 5.41) is 2.74. The lowest BCUT2D eigenvalue weighted by Gasteiger charge is -2.14. The highest BCUT2D eigenvalue weighted by Crippen LogP contribution is 2.16. The maximum absolute atomic E-state index is 12.1. The minimum atomic E-state index is -3.75. The fourth-order valence-electron chi connectivity index (χ4n) is 1.44. The average molecular weight is 300 g/mol. The molecule has 1 aromatic rings. The molecule has 0 aliphatic heterocycles. The third-order valence-electron chi connectivity index (χ3n) is 2.66. The van der Waals surface area contributed by atoms with E-state index in [1.807, 2.05) is 13.8 Å². The van der Waals surface area contributed by atoms with Gasteiger partial charge in [0.05, 0.1) is 12.0 Å². The highest BCUT2D eigenvalue weighted by molar-refractivity contribution is 7.89. The average Bonchev–Trinajstić information content (AvgIpc) is 2.43. The summed E-state index contributed by atoms with van der Waals surface area (Å²) < 4.78 is 24.9. The predicted octanol–water partition coefficient (Wildman–Crippen LogP) is 1.25. The number of hydrogen-bond donors (Lipinski definition) is 1. The van der Waals surface area contributed by atoms with Crippen molar-refractivity contribution in [2.24, 2.45) is 5.92 Å². The molecule has 1 N–H and O–H groups in total. The van der Waals surface area contributed by atoms with Crippen LogP contribution in [0.25, 0.3) is 0 Å². The summed E-state index contributed by atoms with van der Waals surface area (Å²) in [5.74, 6) is 0.0290. The third-order valence-corrected chi connectivity index (χ3v) is 4.34. The molecule has 0 saturated carbocycles. The van der Waals surface area contributed by atoms with Crippen LogP contribution >= 0.6 is 0 Å². The van der Waals surface area contributed by atoms with Gasteiger partial charge in [-0.15, -0.1) is 0 Å². The molecule has 0 fully saturated rings. The zero-order valence-electron chi connectivity index (χ0n) is 12.1. The summed E-state index contributed by atoms with van der Waals surface area (Å²) in [5.41, 5.74) is 0.302. The number of hydrogen-bond acceptors (Lipinski definition) is 4. The van der Waals surface area contributed by atoms with Gasteiger partial charge in [0.15, 0.2) is 0 Å². The van der Waals surface area contributed by atoms with Crippen LogP contribution in [0.15, 0.2) is 29.2 Å².